The fourth-order valence-corrected chi connectivity index (χ4v) is 3.70. The molecule has 0 unspecified atom stereocenters. The largest absolute Gasteiger partial charge is 0.379 e. The topological polar surface area (TPSA) is 18.5 Å². The highest BCUT2D eigenvalue weighted by Gasteiger charge is 2.15. The van der Waals surface area contributed by atoms with Gasteiger partial charge in [0, 0.05) is 14.2 Å². The van der Waals surface area contributed by atoms with E-state index in [4.69, 9.17) is 9.47 Å². The van der Waals surface area contributed by atoms with Gasteiger partial charge in [-0.3, -0.25) is 0 Å². The third-order valence-corrected chi connectivity index (χ3v) is 7.17. The predicted octanol–water partition coefficient (Wildman–Crippen LogP) is 12.4. The molecule has 0 spiro atoms. The van der Waals surface area contributed by atoms with Crippen molar-refractivity contribution in [2.75, 3.05) is 14.2 Å². The fraction of sp³-hybridized carbons (Fsp3) is 0.429. The Balaban J connectivity index is 4.74. The van der Waals surface area contributed by atoms with Gasteiger partial charge in [-0.1, -0.05) is 143 Å². The Morgan fingerprint density at radius 3 is 1.25 bits per heavy atom. The van der Waals surface area contributed by atoms with E-state index >= 15 is 0 Å². The van der Waals surface area contributed by atoms with Crippen molar-refractivity contribution >= 4 is 0 Å². The van der Waals surface area contributed by atoms with Crippen LogP contribution in [-0.2, 0) is 9.47 Å². The van der Waals surface area contributed by atoms with Gasteiger partial charge in [0.05, 0.1) is 11.2 Å². The van der Waals surface area contributed by atoms with E-state index in [2.05, 4.69) is 179 Å². The standard InChI is InChI=1S/C42H62O2/c1-35(23-15-25-37(3)27-17-29-39(5)31-19-33-41(7,8)43-11)21-13-14-22-36(2)24-16-26-38(4)28-18-30-40(6)32-20-34-42(9,10)44-12/h13-19,21-31H,20,32-34H2,1-12H3. The highest BCUT2D eigenvalue weighted by Crippen LogP contribution is 2.19. The molecule has 242 valence electrons. The number of ether oxygens (including phenoxy) is 2. The summed E-state index contributed by atoms with van der Waals surface area (Å²) in [5, 5.41) is 0. The van der Waals surface area contributed by atoms with Crippen LogP contribution in [0.15, 0.2) is 143 Å². The van der Waals surface area contributed by atoms with Gasteiger partial charge in [0.2, 0.25) is 0 Å². The zero-order chi connectivity index (χ0) is 33.4. The molecule has 0 aromatic carbocycles. The lowest BCUT2D eigenvalue weighted by molar-refractivity contribution is 0.0140. The zero-order valence-corrected chi connectivity index (χ0v) is 30.0. The van der Waals surface area contributed by atoms with Crippen LogP contribution in [0.4, 0.5) is 0 Å². The summed E-state index contributed by atoms with van der Waals surface area (Å²) < 4.78 is 11.0. The van der Waals surface area contributed by atoms with E-state index in [1.54, 1.807) is 14.2 Å². The second kappa shape index (κ2) is 23.2. The number of rotatable bonds is 19. The maximum atomic E-state index is 5.50. The van der Waals surface area contributed by atoms with E-state index in [1.807, 2.05) is 0 Å². The number of hydrogen-bond acceptors (Lipinski definition) is 2. The summed E-state index contributed by atoms with van der Waals surface area (Å²) in [4.78, 5) is 0. The molecule has 44 heavy (non-hydrogen) atoms. The van der Waals surface area contributed by atoms with Gasteiger partial charge in [0.1, 0.15) is 0 Å². The van der Waals surface area contributed by atoms with Gasteiger partial charge < -0.3 is 9.47 Å². The van der Waals surface area contributed by atoms with Crippen molar-refractivity contribution in [3.8, 4) is 0 Å². The Hall–Kier alpha value is -3.20. The smallest absolute Gasteiger partial charge is 0.0657 e. The van der Waals surface area contributed by atoms with Crippen LogP contribution in [0.5, 0.6) is 0 Å². The van der Waals surface area contributed by atoms with Gasteiger partial charge in [0.15, 0.2) is 0 Å². The van der Waals surface area contributed by atoms with Crippen LogP contribution in [0.3, 0.4) is 0 Å². The first-order valence-electron chi connectivity index (χ1n) is 15.9. The minimum atomic E-state index is -0.122. The maximum absolute atomic E-state index is 5.50. The predicted molar refractivity (Wildman–Crippen MR) is 198 cm³/mol. The molecule has 0 N–H and O–H groups in total. The zero-order valence-electron chi connectivity index (χ0n) is 30.0. The minimum absolute atomic E-state index is 0.0364. The van der Waals surface area contributed by atoms with Crippen molar-refractivity contribution < 1.29 is 9.47 Å². The monoisotopic (exact) mass is 598 g/mol. The molecule has 0 aromatic heterocycles. The molecule has 0 rings (SSSR count). The highest BCUT2D eigenvalue weighted by molar-refractivity contribution is 5.33. The van der Waals surface area contributed by atoms with Crippen molar-refractivity contribution in [1.82, 2.24) is 0 Å². The van der Waals surface area contributed by atoms with Crippen molar-refractivity contribution in [2.45, 2.75) is 106 Å². The van der Waals surface area contributed by atoms with Crippen LogP contribution < -0.4 is 0 Å². The molecule has 0 aliphatic carbocycles. The van der Waals surface area contributed by atoms with Crippen LogP contribution in [-0.4, -0.2) is 25.4 Å². The van der Waals surface area contributed by atoms with Gasteiger partial charge in [-0.15, -0.1) is 0 Å². The van der Waals surface area contributed by atoms with Gasteiger partial charge in [0.25, 0.3) is 0 Å². The Bertz CT molecular complexity index is 1210. The van der Waals surface area contributed by atoms with Crippen LogP contribution in [0.1, 0.15) is 94.9 Å². The number of hydrogen-bond donors (Lipinski definition) is 0. The Kier molecular flexibility index (Phi) is 21.5. The first-order valence-corrected chi connectivity index (χ1v) is 15.9. The molecule has 0 aliphatic rings. The molecule has 0 heterocycles. The fourth-order valence-electron chi connectivity index (χ4n) is 3.70. The lowest BCUT2D eigenvalue weighted by Gasteiger charge is -2.22. The van der Waals surface area contributed by atoms with Crippen molar-refractivity contribution in [1.29, 1.82) is 0 Å². The number of methoxy groups -OCH3 is 2. The average Bonchev–Trinajstić information content (AvgIpc) is 2.95. The summed E-state index contributed by atoms with van der Waals surface area (Å²) in [7, 11) is 3.54. The molecule has 2 heteroatoms. The van der Waals surface area contributed by atoms with E-state index in [0.717, 1.165) is 25.7 Å². The van der Waals surface area contributed by atoms with Gasteiger partial charge in [-0.05, 0) is 94.9 Å². The molecule has 0 atom stereocenters. The van der Waals surface area contributed by atoms with Crippen LogP contribution in [0, 0.1) is 0 Å². The molecule has 0 amide bonds. The lowest BCUT2D eigenvalue weighted by Crippen LogP contribution is -2.21. The molecule has 0 saturated carbocycles. The van der Waals surface area contributed by atoms with Crippen molar-refractivity contribution in [3.63, 3.8) is 0 Å². The average molecular weight is 599 g/mol. The first kappa shape index (κ1) is 40.8. The summed E-state index contributed by atoms with van der Waals surface area (Å²) in [6, 6.07) is 0. The van der Waals surface area contributed by atoms with Crippen LogP contribution in [0.2, 0.25) is 0 Å². The molecule has 0 fully saturated rings. The van der Waals surface area contributed by atoms with E-state index in [0.29, 0.717) is 0 Å². The highest BCUT2D eigenvalue weighted by atomic mass is 16.5. The Morgan fingerprint density at radius 2 is 0.841 bits per heavy atom. The summed E-state index contributed by atoms with van der Waals surface area (Å²) in [6.45, 7) is 21.2. The van der Waals surface area contributed by atoms with E-state index in [9.17, 15) is 0 Å². The van der Waals surface area contributed by atoms with Crippen LogP contribution in [0.25, 0.3) is 0 Å². The molecule has 0 saturated heterocycles. The van der Waals surface area contributed by atoms with Crippen molar-refractivity contribution in [3.05, 3.63) is 143 Å². The molecule has 0 aliphatic heterocycles. The molecule has 0 radical (unpaired) electrons. The number of allylic oxidation sites excluding steroid dienone is 23. The Morgan fingerprint density at radius 1 is 0.477 bits per heavy atom. The third-order valence-electron chi connectivity index (χ3n) is 7.17. The first-order chi connectivity index (χ1) is 20.7. The third kappa shape index (κ3) is 24.3. The normalized spacial score (nSPS) is 16.1. The van der Waals surface area contributed by atoms with Crippen LogP contribution >= 0.6 is 0 Å². The van der Waals surface area contributed by atoms with E-state index in [1.165, 1.54) is 33.4 Å². The van der Waals surface area contributed by atoms with Gasteiger partial charge in [-0.2, -0.15) is 0 Å². The molecule has 2 nitrogen and oxygen atoms in total. The van der Waals surface area contributed by atoms with E-state index < -0.39 is 0 Å². The summed E-state index contributed by atoms with van der Waals surface area (Å²) in [5.41, 5.74) is 7.28. The lowest BCUT2D eigenvalue weighted by atomic mass is 9.99. The second-order valence-corrected chi connectivity index (χ2v) is 12.8. The van der Waals surface area contributed by atoms with E-state index in [-0.39, 0.29) is 11.2 Å². The Labute approximate surface area is 272 Å². The molecule has 0 aromatic rings. The van der Waals surface area contributed by atoms with Gasteiger partial charge in [-0.25, -0.2) is 0 Å². The maximum Gasteiger partial charge on any atom is 0.0657 e. The summed E-state index contributed by atoms with van der Waals surface area (Å²) in [5.74, 6) is 0. The van der Waals surface area contributed by atoms with Crippen molar-refractivity contribution in [2.24, 2.45) is 0 Å². The van der Waals surface area contributed by atoms with Gasteiger partial charge >= 0.3 is 0 Å². The SMILES string of the molecule is COC(C)(C)CC=CC(C)=CC=CC(C)=CC=CC(C)=CC=CC=C(C)C=CC=C(C)C=CC=C(C)CCCC(C)(C)OC. The molecular weight excluding hydrogens is 536 g/mol. The molecular formula is C42H62O2. The minimum Gasteiger partial charge on any atom is -0.379 e. The summed E-state index contributed by atoms with van der Waals surface area (Å²) >= 11 is 0. The quantitative estimate of drug-likeness (QED) is 0.138. The second-order valence-electron chi connectivity index (χ2n) is 12.8. The molecule has 0 bridgehead atoms. The summed E-state index contributed by atoms with van der Waals surface area (Å²) in [6.07, 6.45) is 42.5.